The maximum absolute atomic E-state index is 12.6. The van der Waals surface area contributed by atoms with Crippen LogP contribution in [0, 0.1) is 0 Å². The summed E-state index contributed by atoms with van der Waals surface area (Å²) in [6, 6.07) is 7.91. The van der Waals surface area contributed by atoms with Crippen molar-refractivity contribution in [2.45, 2.75) is 25.6 Å². The first-order chi connectivity index (χ1) is 9.41. The Kier molecular flexibility index (Phi) is 4.18. The van der Waals surface area contributed by atoms with Gasteiger partial charge in [0.25, 0.3) is 0 Å². The van der Waals surface area contributed by atoms with Gasteiger partial charge < -0.3 is 10.5 Å². The maximum Gasteiger partial charge on any atom is 0.407 e. The summed E-state index contributed by atoms with van der Waals surface area (Å²) in [5.41, 5.74) is 5.28. The highest BCUT2D eigenvalue weighted by molar-refractivity contribution is 5.84. The molecule has 0 amide bonds. The lowest BCUT2D eigenvalue weighted by molar-refractivity contribution is -0.149. The molecule has 5 heteroatoms. The minimum atomic E-state index is -4.44. The SMILES string of the molecule is CCCOc1ccc2ccc([C@H](N)C(F)(F)F)cc2c1. The highest BCUT2D eigenvalue weighted by Crippen LogP contribution is 2.32. The molecule has 0 bridgehead atoms. The number of halogens is 3. The van der Waals surface area contributed by atoms with E-state index in [2.05, 4.69) is 0 Å². The molecule has 2 aromatic carbocycles. The summed E-state index contributed by atoms with van der Waals surface area (Å²) in [5, 5.41) is 1.54. The van der Waals surface area contributed by atoms with Crippen LogP contribution in [0.1, 0.15) is 24.9 Å². The van der Waals surface area contributed by atoms with Crippen molar-refractivity contribution in [2.75, 3.05) is 6.61 Å². The van der Waals surface area contributed by atoms with Crippen LogP contribution in [0.4, 0.5) is 13.2 Å². The van der Waals surface area contributed by atoms with Crippen LogP contribution in [-0.2, 0) is 0 Å². The quantitative estimate of drug-likeness (QED) is 0.913. The van der Waals surface area contributed by atoms with Crippen LogP contribution in [0.25, 0.3) is 10.8 Å². The second kappa shape index (κ2) is 5.71. The summed E-state index contributed by atoms with van der Waals surface area (Å²) in [6.45, 7) is 2.56. The number of ether oxygens (including phenoxy) is 1. The second-order valence-corrected chi connectivity index (χ2v) is 4.64. The minimum absolute atomic E-state index is 0.0534. The number of rotatable bonds is 4. The molecule has 0 unspecified atom stereocenters. The van der Waals surface area contributed by atoms with E-state index < -0.39 is 12.2 Å². The van der Waals surface area contributed by atoms with E-state index in [4.69, 9.17) is 10.5 Å². The van der Waals surface area contributed by atoms with Crippen LogP contribution in [0.15, 0.2) is 36.4 Å². The topological polar surface area (TPSA) is 35.2 Å². The fourth-order valence-corrected chi connectivity index (χ4v) is 1.94. The van der Waals surface area contributed by atoms with Gasteiger partial charge in [-0.3, -0.25) is 0 Å². The third-order valence-corrected chi connectivity index (χ3v) is 3.02. The summed E-state index contributed by atoms with van der Waals surface area (Å²) in [4.78, 5) is 0. The van der Waals surface area contributed by atoms with Crippen LogP contribution in [-0.4, -0.2) is 12.8 Å². The number of hydrogen-bond donors (Lipinski definition) is 1. The average Bonchev–Trinajstić information content (AvgIpc) is 2.42. The number of fused-ring (bicyclic) bond motifs is 1. The van der Waals surface area contributed by atoms with E-state index in [1.54, 1.807) is 18.2 Å². The molecule has 0 saturated carbocycles. The van der Waals surface area contributed by atoms with Crippen molar-refractivity contribution in [2.24, 2.45) is 5.73 Å². The predicted octanol–water partition coefficient (Wildman–Crippen LogP) is 4.19. The molecule has 0 fully saturated rings. The minimum Gasteiger partial charge on any atom is -0.494 e. The number of benzene rings is 2. The fraction of sp³-hybridized carbons (Fsp3) is 0.333. The van der Waals surface area contributed by atoms with Crippen LogP contribution in [0.5, 0.6) is 5.75 Å². The van der Waals surface area contributed by atoms with E-state index in [1.165, 1.54) is 12.1 Å². The van der Waals surface area contributed by atoms with E-state index in [9.17, 15) is 13.2 Å². The summed E-state index contributed by atoms with van der Waals surface area (Å²) < 4.78 is 43.4. The zero-order chi connectivity index (χ0) is 14.8. The Labute approximate surface area is 115 Å². The number of alkyl halides is 3. The molecular formula is C15H16F3NO. The Hall–Kier alpha value is -1.75. The Bertz CT molecular complexity index is 595. The fourth-order valence-electron chi connectivity index (χ4n) is 1.94. The van der Waals surface area contributed by atoms with Crippen molar-refractivity contribution in [1.82, 2.24) is 0 Å². The molecule has 0 heterocycles. The lowest BCUT2D eigenvalue weighted by Gasteiger charge is -2.16. The van der Waals surface area contributed by atoms with Gasteiger partial charge in [0.05, 0.1) is 6.61 Å². The molecule has 2 aromatic rings. The van der Waals surface area contributed by atoms with Gasteiger partial charge in [0, 0.05) is 0 Å². The van der Waals surface area contributed by atoms with E-state index in [1.807, 2.05) is 13.0 Å². The molecule has 0 radical (unpaired) electrons. The van der Waals surface area contributed by atoms with Gasteiger partial charge in [-0.25, -0.2) is 0 Å². The molecule has 1 atom stereocenters. The average molecular weight is 283 g/mol. The highest BCUT2D eigenvalue weighted by atomic mass is 19.4. The molecule has 0 aliphatic carbocycles. The van der Waals surface area contributed by atoms with Crippen LogP contribution < -0.4 is 10.5 Å². The second-order valence-electron chi connectivity index (χ2n) is 4.64. The van der Waals surface area contributed by atoms with Crippen LogP contribution >= 0.6 is 0 Å². The van der Waals surface area contributed by atoms with E-state index in [0.717, 1.165) is 11.8 Å². The van der Waals surface area contributed by atoms with Crippen molar-refractivity contribution in [3.63, 3.8) is 0 Å². The summed E-state index contributed by atoms with van der Waals surface area (Å²) in [5.74, 6) is 0.650. The smallest absolute Gasteiger partial charge is 0.407 e. The van der Waals surface area contributed by atoms with Gasteiger partial charge in [-0.1, -0.05) is 25.1 Å². The van der Waals surface area contributed by atoms with Gasteiger partial charge >= 0.3 is 6.18 Å². The van der Waals surface area contributed by atoms with Crippen molar-refractivity contribution < 1.29 is 17.9 Å². The van der Waals surface area contributed by atoms with Crippen LogP contribution in [0.2, 0.25) is 0 Å². The lowest BCUT2D eigenvalue weighted by atomic mass is 10.0. The molecule has 2 N–H and O–H groups in total. The third-order valence-electron chi connectivity index (χ3n) is 3.02. The first kappa shape index (κ1) is 14.7. The van der Waals surface area contributed by atoms with Gasteiger partial charge in [-0.15, -0.1) is 0 Å². The van der Waals surface area contributed by atoms with Crippen LogP contribution in [0.3, 0.4) is 0 Å². The summed E-state index contributed by atoms with van der Waals surface area (Å²) in [6.07, 6.45) is -3.57. The van der Waals surface area contributed by atoms with Crippen molar-refractivity contribution in [3.05, 3.63) is 42.0 Å². The number of hydrogen-bond acceptors (Lipinski definition) is 2. The lowest BCUT2D eigenvalue weighted by Crippen LogP contribution is -2.28. The van der Waals surface area contributed by atoms with Crippen molar-refractivity contribution in [3.8, 4) is 5.75 Å². The standard InChI is InChI=1S/C15H16F3NO/c1-2-7-20-13-6-5-10-3-4-11(8-12(10)9-13)14(19)15(16,17)18/h3-6,8-9,14H,2,7,19H2,1H3/t14-/m0/s1. The molecule has 0 aromatic heterocycles. The van der Waals surface area contributed by atoms with Gasteiger partial charge in [0.15, 0.2) is 0 Å². The highest BCUT2D eigenvalue weighted by Gasteiger charge is 2.37. The third kappa shape index (κ3) is 3.22. The van der Waals surface area contributed by atoms with E-state index in [0.29, 0.717) is 17.7 Å². The van der Waals surface area contributed by atoms with Gasteiger partial charge in [-0.05, 0) is 41.0 Å². The molecule has 108 valence electrons. The Morgan fingerprint density at radius 3 is 2.45 bits per heavy atom. The van der Waals surface area contributed by atoms with Gasteiger partial charge in [0.2, 0.25) is 0 Å². The molecule has 2 nitrogen and oxygen atoms in total. The molecule has 0 aliphatic heterocycles. The Balaban J connectivity index is 2.36. The normalized spacial score (nSPS) is 13.4. The van der Waals surface area contributed by atoms with Gasteiger partial charge in [0.1, 0.15) is 11.8 Å². The zero-order valence-electron chi connectivity index (χ0n) is 11.1. The maximum atomic E-state index is 12.6. The van der Waals surface area contributed by atoms with Crippen molar-refractivity contribution in [1.29, 1.82) is 0 Å². The first-order valence-corrected chi connectivity index (χ1v) is 6.40. The zero-order valence-corrected chi connectivity index (χ0v) is 11.1. The first-order valence-electron chi connectivity index (χ1n) is 6.40. The Morgan fingerprint density at radius 1 is 1.10 bits per heavy atom. The molecule has 0 aliphatic rings. The largest absolute Gasteiger partial charge is 0.494 e. The predicted molar refractivity (Wildman–Crippen MR) is 72.7 cm³/mol. The summed E-state index contributed by atoms with van der Waals surface area (Å²) in [7, 11) is 0. The molecule has 0 spiro atoms. The van der Waals surface area contributed by atoms with Crippen molar-refractivity contribution >= 4 is 10.8 Å². The molecule has 20 heavy (non-hydrogen) atoms. The van der Waals surface area contributed by atoms with E-state index >= 15 is 0 Å². The van der Waals surface area contributed by atoms with Gasteiger partial charge in [-0.2, -0.15) is 13.2 Å². The molecule has 2 rings (SSSR count). The number of nitrogens with two attached hydrogens (primary N) is 1. The summed E-state index contributed by atoms with van der Waals surface area (Å²) >= 11 is 0. The van der Waals surface area contributed by atoms with E-state index in [-0.39, 0.29) is 5.56 Å². The Morgan fingerprint density at radius 2 is 1.80 bits per heavy atom. The molecular weight excluding hydrogens is 267 g/mol. The monoisotopic (exact) mass is 283 g/mol. The molecule has 0 saturated heterocycles.